The third-order valence-corrected chi connectivity index (χ3v) is 3.52. The van der Waals surface area contributed by atoms with E-state index in [1.807, 2.05) is 35.9 Å². The maximum atomic E-state index is 9.63. The fraction of sp³-hybridized carbons (Fsp3) is 0.400. The fourth-order valence-electron chi connectivity index (χ4n) is 2.34. The van der Waals surface area contributed by atoms with E-state index in [1.54, 1.807) is 0 Å². The van der Waals surface area contributed by atoms with Gasteiger partial charge in [-0.2, -0.15) is 5.10 Å². The lowest BCUT2D eigenvalue weighted by Crippen LogP contribution is -2.12. The van der Waals surface area contributed by atoms with Gasteiger partial charge in [0.15, 0.2) is 0 Å². The van der Waals surface area contributed by atoms with Crippen molar-refractivity contribution in [2.75, 3.05) is 6.61 Å². The molecule has 2 rings (SSSR count). The molecule has 0 fully saturated rings. The predicted octanol–water partition coefficient (Wildman–Crippen LogP) is 3.18. The summed E-state index contributed by atoms with van der Waals surface area (Å²) in [5, 5.41) is 14.8. The summed E-state index contributed by atoms with van der Waals surface area (Å²) in [6.45, 7) is 5.01. The molecule has 0 aliphatic carbocycles. The van der Waals surface area contributed by atoms with Gasteiger partial charge in [-0.3, -0.25) is 4.68 Å². The van der Waals surface area contributed by atoms with Crippen molar-refractivity contribution >= 4 is 11.6 Å². The molecule has 0 radical (unpaired) electrons. The second-order valence-electron chi connectivity index (χ2n) is 4.73. The zero-order valence-electron chi connectivity index (χ0n) is 11.3. The molecule has 1 unspecified atom stereocenters. The number of aromatic nitrogens is 2. The molecule has 4 heteroatoms. The standard InChI is InChI=1S/C15H19ClN2O/c1-3-18-15(7-11(2)17-18)9-13(10-19)12-5-4-6-14(16)8-12/h4-8,13,19H,3,9-10H2,1-2H3. The van der Waals surface area contributed by atoms with Crippen molar-refractivity contribution < 1.29 is 5.11 Å². The number of hydrogen-bond acceptors (Lipinski definition) is 2. The molecule has 3 nitrogen and oxygen atoms in total. The minimum atomic E-state index is 0.0556. The zero-order valence-corrected chi connectivity index (χ0v) is 12.1. The van der Waals surface area contributed by atoms with Crippen molar-refractivity contribution in [2.24, 2.45) is 0 Å². The van der Waals surface area contributed by atoms with Gasteiger partial charge in [-0.1, -0.05) is 23.7 Å². The topological polar surface area (TPSA) is 38.0 Å². The van der Waals surface area contributed by atoms with Gasteiger partial charge < -0.3 is 5.11 Å². The molecule has 1 aromatic carbocycles. The lowest BCUT2D eigenvalue weighted by atomic mass is 9.95. The summed E-state index contributed by atoms with van der Waals surface area (Å²) in [7, 11) is 0. The van der Waals surface area contributed by atoms with E-state index in [4.69, 9.17) is 11.6 Å². The summed E-state index contributed by atoms with van der Waals surface area (Å²) in [6.07, 6.45) is 0.769. The normalized spacial score (nSPS) is 12.6. The van der Waals surface area contributed by atoms with Crippen LogP contribution in [0, 0.1) is 6.92 Å². The maximum Gasteiger partial charge on any atom is 0.0596 e. The molecule has 0 saturated heterocycles. The van der Waals surface area contributed by atoms with Gasteiger partial charge in [0.05, 0.1) is 12.3 Å². The van der Waals surface area contributed by atoms with E-state index in [9.17, 15) is 5.11 Å². The Morgan fingerprint density at radius 3 is 2.79 bits per heavy atom. The molecule has 1 heterocycles. The molecule has 0 spiro atoms. The molecule has 0 saturated carbocycles. The SMILES string of the molecule is CCn1nc(C)cc1CC(CO)c1cccc(Cl)c1. The highest BCUT2D eigenvalue weighted by Gasteiger charge is 2.15. The van der Waals surface area contributed by atoms with Gasteiger partial charge >= 0.3 is 0 Å². The summed E-state index contributed by atoms with van der Waals surface area (Å²) in [6, 6.07) is 9.77. The number of aliphatic hydroxyl groups is 1. The van der Waals surface area contributed by atoms with Gasteiger partial charge in [0, 0.05) is 23.2 Å². The Kier molecular flexibility index (Phi) is 4.61. The Bertz CT molecular complexity index is 551. The largest absolute Gasteiger partial charge is 0.396 e. The Morgan fingerprint density at radius 2 is 2.16 bits per heavy atom. The molecule has 19 heavy (non-hydrogen) atoms. The number of aliphatic hydroxyl groups excluding tert-OH is 1. The average Bonchev–Trinajstić information content (AvgIpc) is 2.76. The zero-order chi connectivity index (χ0) is 13.8. The van der Waals surface area contributed by atoms with Crippen LogP contribution in [0.15, 0.2) is 30.3 Å². The van der Waals surface area contributed by atoms with Crippen molar-refractivity contribution in [3.8, 4) is 0 Å². The molecule has 0 aliphatic heterocycles. The van der Waals surface area contributed by atoms with Crippen LogP contribution in [0.3, 0.4) is 0 Å². The first-order valence-corrected chi connectivity index (χ1v) is 6.91. The first-order chi connectivity index (χ1) is 9.13. The summed E-state index contributed by atoms with van der Waals surface area (Å²) in [5.74, 6) is 0.0556. The van der Waals surface area contributed by atoms with E-state index in [2.05, 4.69) is 18.1 Å². The number of benzene rings is 1. The van der Waals surface area contributed by atoms with Gasteiger partial charge in [0.2, 0.25) is 0 Å². The van der Waals surface area contributed by atoms with Crippen LogP contribution in [0.5, 0.6) is 0 Å². The van der Waals surface area contributed by atoms with Crippen molar-refractivity contribution in [2.45, 2.75) is 32.7 Å². The third kappa shape index (κ3) is 3.37. The Labute approximate surface area is 118 Å². The molecule has 0 amide bonds. The number of halogens is 1. The highest BCUT2D eigenvalue weighted by atomic mass is 35.5. The van der Waals surface area contributed by atoms with Crippen molar-refractivity contribution in [3.05, 3.63) is 52.3 Å². The van der Waals surface area contributed by atoms with E-state index in [1.165, 1.54) is 0 Å². The van der Waals surface area contributed by atoms with Gasteiger partial charge in [-0.15, -0.1) is 0 Å². The number of nitrogens with zero attached hydrogens (tertiary/aromatic N) is 2. The molecule has 1 atom stereocenters. The summed E-state index contributed by atoms with van der Waals surface area (Å²) >= 11 is 6.01. The number of rotatable bonds is 5. The van der Waals surface area contributed by atoms with Crippen molar-refractivity contribution in [1.29, 1.82) is 0 Å². The first-order valence-electron chi connectivity index (χ1n) is 6.53. The van der Waals surface area contributed by atoms with Gasteiger partial charge in [0.25, 0.3) is 0 Å². The van der Waals surface area contributed by atoms with E-state index in [-0.39, 0.29) is 12.5 Å². The third-order valence-electron chi connectivity index (χ3n) is 3.28. The molecule has 0 aliphatic rings. The van der Waals surface area contributed by atoms with Crippen LogP contribution < -0.4 is 0 Å². The van der Waals surface area contributed by atoms with Crippen LogP contribution >= 0.6 is 11.6 Å². The van der Waals surface area contributed by atoms with Crippen molar-refractivity contribution in [1.82, 2.24) is 9.78 Å². The monoisotopic (exact) mass is 278 g/mol. The van der Waals surface area contributed by atoms with Crippen LogP contribution in [0.2, 0.25) is 5.02 Å². The molecule has 2 aromatic rings. The molecule has 1 N–H and O–H groups in total. The highest BCUT2D eigenvalue weighted by Crippen LogP contribution is 2.23. The van der Waals surface area contributed by atoms with Crippen LogP contribution in [0.25, 0.3) is 0 Å². The molecular weight excluding hydrogens is 260 g/mol. The fourth-order valence-corrected chi connectivity index (χ4v) is 2.54. The minimum absolute atomic E-state index is 0.0556. The van der Waals surface area contributed by atoms with Gasteiger partial charge in [-0.25, -0.2) is 0 Å². The maximum absolute atomic E-state index is 9.63. The number of aryl methyl sites for hydroxylation is 2. The van der Waals surface area contributed by atoms with Crippen molar-refractivity contribution in [3.63, 3.8) is 0 Å². The van der Waals surface area contributed by atoms with E-state index < -0.39 is 0 Å². The van der Waals surface area contributed by atoms with E-state index in [0.29, 0.717) is 5.02 Å². The van der Waals surface area contributed by atoms with Gasteiger partial charge in [0.1, 0.15) is 0 Å². The highest BCUT2D eigenvalue weighted by molar-refractivity contribution is 6.30. The summed E-state index contributed by atoms with van der Waals surface area (Å²) < 4.78 is 1.99. The van der Waals surface area contributed by atoms with Crippen LogP contribution in [0.1, 0.15) is 29.8 Å². The quantitative estimate of drug-likeness (QED) is 0.912. The molecule has 1 aromatic heterocycles. The minimum Gasteiger partial charge on any atom is -0.396 e. The number of hydrogen-bond donors (Lipinski definition) is 1. The Hall–Kier alpha value is -1.32. The first kappa shape index (κ1) is 14.1. The summed E-state index contributed by atoms with van der Waals surface area (Å²) in [5.41, 5.74) is 3.23. The molecule has 0 bridgehead atoms. The van der Waals surface area contributed by atoms with Crippen LogP contribution in [-0.2, 0) is 13.0 Å². The smallest absolute Gasteiger partial charge is 0.0596 e. The van der Waals surface area contributed by atoms with Crippen LogP contribution in [-0.4, -0.2) is 21.5 Å². The Balaban J connectivity index is 2.23. The average molecular weight is 279 g/mol. The second kappa shape index (κ2) is 6.22. The van der Waals surface area contributed by atoms with Crippen LogP contribution in [0.4, 0.5) is 0 Å². The molecule has 102 valence electrons. The van der Waals surface area contributed by atoms with E-state index in [0.717, 1.165) is 29.9 Å². The Morgan fingerprint density at radius 1 is 1.37 bits per heavy atom. The lowest BCUT2D eigenvalue weighted by molar-refractivity contribution is 0.262. The van der Waals surface area contributed by atoms with Gasteiger partial charge in [-0.05, 0) is 44.0 Å². The predicted molar refractivity (Wildman–Crippen MR) is 77.6 cm³/mol. The molecular formula is C15H19ClN2O. The lowest BCUT2D eigenvalue weighted by Gasteiger charge is -2.15. The summed E-state index contributed by atoms with van der Waals surface area (Å²) in [4.78, 5) is 0. The second-order valence-corrected chi connectivity index (χ2v) is 5.17. The van der Waals surface area contributed by atoms with E-state index >= 15 is 0 Å².